The van der Waals surface area contributed by atoms with Crippen molar-refractivity contribution in [1.82, 2.24) is 4.90 Å². The third kappa shape index (κ3) is 3.49. The van der Waals surface area contributed by atoms with Crippen molar-refractivity contribution in [3.8, 4) is 0 Å². The Hall–Kier alpha value is -0.230. The summed E-state index contributed by atoms with van der Waals surface area (Å²) in [6, 6.07) is 0. The quantitative estimate of drug-likeness (QED) is 0.629. The van der Waals surface area contributed by atoms with Gasteiger partial charge in [-0.1, -0.05) is 19.1 Å². The maximum atomic E-state index is 8.95. The van der Waals surface area contributed by atoms with Crippen LogP contribution >= 0.6 is 12.2 Å². The fourth-order valence-corrected chi connectivity index (χ4v) is 1.61. The summed E-state index contributed by atoms with van der Waals surface area (Å²) in [5, 5.41) is 8.95. The van der Waals surface area contributed by atoms with Crippen molar-refractivity contribution in [2.75, 3.05) is 32.8 Å². The second-order valence-electron chi connectivity index (χ2n) is 3.74. The number of rotatable bonds is 4. The molecule has 0 saturated carbocycles. The SMILES string of the molecule is CC(CN1CCOC(CO)C1)C(N)=S. The summed E-state index contributed by atoms with van der Waals surface area (Å²) in [4.78, 5) is 2.78. The van der Waals surface area contributed by atoms with Gasteiger partial charge in [-0.05, 0) is 0 Å². The fraction of sp³-hybridized carbons (Fsp3) is 0.889. The molecule has 3 N–H and O–H groups in total. The zero-order chi connectivity index (χ0) is 10.6. The molecule has 1 aliphatic rings. The summed E-state index contributed by atoms with van der Waals surface area (Å²) < 4.78 is 5.34. The van der Waals surface area contributed by atoms with Crippen LogP contribution < -0.4 is 5.73 Å². The van der Waals surface area contributed by atoms with Crippen molar-refractivity contribution in [2.24, 2.45) is 11.7 Å². The molecule has 1 heterocycles. The Morgan fingerprint density at radius 1 is 1.79 bits per heavy atom. The summed E-state index contributed by atoms with van der Waals surface area (Å²) >= 11 is 4.91. The smallest absolute Gasteiger partial charge is 0.0932 e. The molecule has 4 nitrogen and oxygen atoms in total. The van der Waals surface area contributed by atoms with Gasteiger partial charge in [-0.25, -0.2) is 0 Å². The van der Waals surface area contributed by atoms with Crippen molar-refractivity contribution < 1.29 is 9.84 Å². The van der Waals surface area contributed by atoms with Crippen molar-refractivity contribution in [3.63, 3.8) is 0 Å². The third-order valence-electron chi connectivity index (χ3n) is 2.44. The maximum absolute atomic E-state index is 8.95. The van der Waals surface area contributed by atoms with Gasteiger partial charge < -0.3 is 15.6 Å². The Morgan fingerprint density at radius 3 is 3.07 bits per heavy atom. The topological polar surface area (TPSA) is 58.7 Å². The number of thiocarbonyl (C=S) groups is 1. The molecule has 2 unspecified atom stereocenters. The van der Waals surface area contributed by atoms with Crippen LogP contribution in [0.2, 0.25) is 0 Å². The number of morpholine rings is 1. The van der Waals surface area contributed by atoms with Crippen LogP contribution in [-0.4, -0.2) is 53.9 Å². The standard InChI is InChI=1S/C9H18N2O2S/c1-7(9(10)14)4-11-2-3-13-8(5-11)6-12/h7-8,12H,2-6H2,1H3,(H2,10,14). The highest BCUT2D eigenvalue weighted by Gasteiger charge is 2.21. The molecule has 0 aromatic heterocycles. The number of nitrogens with two attached hydrogens (primary N) is 1. The fourth-order valence-electron chi connectivity index (χ4n) is 1.53. The number of nitrogens with zero attached hydrogens (tertiary/aromatic N) is 1. The van der Waals surface area contributed by atoms with Crippen LogP contribution in [0, 0.1) is 5.92 Å². The minimum absolute atomic E-state index is 0.0534. The Balaban J connectivity index is 2.33. The highest BCUT2D eigenvalue weighted by molar-refractivity contribution is 7.80. The Bertz CT molecular complexity index is 201. The molecule has 1 aliphatic heterocycles. The number of hydrogen-bond acceptors (Lipinski definition) is 4. The molecule has 0 bridgehead atoms. The van der Waals surface area contributed by atoms with Crippen LogP contribution in [0.3, 0.4) is 0 Å². The van der Waals surface area contributed by atoms with Crippen LogP contribution in [-0.2, 0) is 4.74 Å². The predicted octanol–water partition coefficient (Wildman–Crippen LogP) is -0.398. The van der Waals surface area contributed by atoms with Gasteiger partial charge in [0.05, 0.1) is 24.3 Å². The van der Waals surface area contributed by atoms with E-state index < -0.39 is 0 Å². The lowest BCUT2D eigenvalue weighted by Gasteiger charge is -2.33. The van der Waals surface area contributed by atoms with Gasteiger partial charge in [-0.2, -0.15) is 0 Å². The van der Waals surface area contributed by atoms with E-state index in [1.807, 2.05) is 6.92 Å². The second-order valence-corrected chi connectivity index (χ2v) is 4.21. The number of hydrogen-bond donors (Lipinski definition) is 2. The normalized spacial score (nSPS) is 26.0. The van der Waals surface area contributed by atoms with Crippen molar-refractivity contribution in [3.05, 3.63) is 0 Å². The van der Waals surface area contributed by atoms with Gasteiger partial charge in [0.15, 0.2) is 0 Å². The van der Waals surface area contributed by atoms with Gasteiger partial charge in [0.2, 0.25) is 0 Å². The van der Waals surface area contributed by atoms with Crippen LogP contribution in [0.15, 0.2) is 0 Å². The van der Waals surface area contributed by atoms with E-state index in [4.69, 9.17) is 27.8 Å². The Morgan fingerprint density at radius 2 is 2.50 bits per heavy atom. The van der Waals surface area contributed by atoms with Gasteiger partial charge in [-0.15, -0.1) is 0 Å². The van der Waals surface area contributed by atoms with E-state index in [0.29, 0.717) is 11.6 Å². The van der Waals surface area contributed by atoms with Gasteiger partial charge in [0, 0.05) is 25.6 Å². The first-order valence-corrected chi connectivity index (χ1v) is 5.28. The van der Waals surface area contributed by atoms with Gasteiger partial charge >= 0.3 is 0 Å². The highest BCUT2D eigenvalue weighted by Crippen LogP contribution is 2.07. The van der Waals surface area contributed by atoms with Crippen molar-refractivity contribution in [1.29, 1.82) is 0 Å². The van der Waals surface area contributed by atoms with Gasteiger partial charge in [0.25, 0.3) is 0 Å². The summed E-state index contributed by atoms with van der Waals surface area (Å²) in [6.45, 7) is 5.29. The number of aliphatic hydroxyl groups is 1. The van der Waals surface area contributed by atoms with E-state index in [2.05, 4.69) is 4.90 Å². The van der Waals surface area contributed by atoms with E-state index in [0.717, 1.165) is 19.6 Å². The van der Waals surface area contributed by atoms with Gasteiger partial charge in [-0.3, -0.25) is 4.90 Å². The van der Waals surface area contributed by atoms with E-state index >= 15 is 0 Å². The third-order valence-corrected chi connectivity index (χ3v) is 2.85. The molecular weight excluding hydrogens is 200 g/mol. The molecular formula is C9H18N2O2S. The molecule has 82 valence electrons. The van der Waals surface area contributed by atoms with Crippen LogP contribution in [0.25, 0.3) is 0 Å². The van der Waals surface area contributed by atoms with Crippen LogP contribution in [0.1, 0.15) is 6.92 Å². The summed E-state index contributed by atoms with van der Waals surface area (Å²) in [6.07, 6.45) is -0.0534. The highest BCUT2D eigenvalue weighted by atomic mass is 32.1. The molecule has 1 rings (SSSR count). The largest absolute Gasteiger partial charge is 0.394 e. The molecule has 0 aromatic rings. The van der Waals surface area contributed by atoms with Crippen LogP contribution in [0.4, 0.5) is 0 Å². The zero-order valence-corrected chi connectivity index (χ0v) is 9.30. The van der Waals surface area contributed by atoms with E-state index in [1.165, 1.54) is 0 Å². The molecule has 5 heteroatoms. The molecule has 14 heavy (non-hydrogen) atoms. The first-order valence-electron chi connectivity index (χ1n) is 4.87. The Labute approximate surface area is 90.0 Å². The number of aliphatic hydroxyl groups excluding tert-OH is 1. The average Bonchev–Trinajstić information content (AvgIpc) is 2.18. The lowest BCUT2D eigenvalue weighted by atomic mass is 10.1. The molecule has 2 atom stereocenters. The summed E-state index contributed by atoms with van der Waals surface area (Å²) in [5.74, 6) is 0.224. The molecule has 0 radical (unpaired) electrons. The second kappa shape index (κ2) is 5.60. The summed E-state index contributed by atoms with van der Waals surface area (Å²) in [5.41, 5.74) is 5.54. The molecule has 0 aliphatic carbocycles. The molecule has 1 saturated heterocycles. The lowest BCUT2D eigenvalue weighted by molar-refractivity contribution is -0.0539. The van der Waals surface area contributed by atoms with Crippen molar-refractivity contribution in [2.45, 2.75) is 13.0 Å². The van der Waals surface area contributed by atoms with E-state index in [-0.39, 0.29) is 18.6 Å². The van der Waals surface area contributed by atoms with Crippen molar-refractivity contribution >= 4 is 17.2 Å². The average molecular weight is 218 g/mol. The molecule has 1 fully saturated rings. The zero-order valence-electron chi connectivity index (χ0n) is 8.48. The predicted molar refractivity (Wildman–Crippen MR) is 59.2 cm³/mol. The Kier molecular flexibility index (Phi) is 4.74. The minimum atomic E-state index is -0.0534. The first-order chi connectivity index (χ1) is 6.63. The molecule has 0 spiro atoms. The van der Waals surface area contributed by atoms with Crippen LogP contribution in [0.5, 0.6) is 0 Å². The lowest BCUT2D eigenvalue weighted by Crippen LogP contribution is -2.46. The monoisotopic (exact) mass is 218 g/mol. The molecule has 0 aromatic carbocycles. The van der Waals surface area contributed by atoms with Gasteiger partial charge in [0.1, 0.15) is 0 Å². The van der Waals surface area contributed by atoms with E-state index in [9.17, 15) is 0 Å². The van der Waals surface area contributed by atoms with E-state index in [1.54, 1.807) is 0 Å². The summed E-state index contributed by atoms with van der Waals surface area (Å²) in [7, 11) is 0. The minimum Gasteiger partial charge on any atom is -0.394 e. The number of ether oxygens (including phenoxy) is 1. The molecule has 0 amide bonds. The first kappa shape index (κ1) is 11.8. The maximum Gasteiger partial charge on any atom is 0.0932 e.